The highest BCUT2D eigenvalue weighted by Gasteiger charge is 2.46. The maximum atomic E-state index is 3.74. The van der Waals surface area contributed by atoms with Crippen molar-refractivity contribution in [3.63, 3.8) is 0 Å². The Hall–Kier alpha value is -3.16. The van der Waals surface area contributed by atoms with Crippen molar-refractivity contribution in [3.05, 3.63) is 142 Å². The molecule has 0 bridgehead atoms. The molecule has 0 nitrogen and oxygen atoms in total. The fourth-order valence-corrected chi connectivity index (χ4v) is 5.66. The Kier molecular flexibility index (Phi) is 3.94. The van der Waals surface area contributed by atoms with E-state index in [9.17, 15) is 0 Å². The molecule has 0 radical (unpaired) electrons. The van der Waals surface area contributed by atoms with Crippen molar-refractivity contribution in [1.29, 1.82) is 0 Å². The number of benzene rings is 5. The summed E-state index contributed by atoms with van der Waals surface area (Å²) in [7, 11) is 0. The summed E-state index contributed by atoms with van der Waals surface area (Å²) in [5.74, 6) is 0. The van der Waals surface area contributed by atoms with Gasteiger partial charge < -0.3 is 0 Å². The predicted octanol–water partition coefficient (Wildman–Crippen LogP) is 7.97. The Bertz CT molecular complexity index is 1400. The first kappa shape index (κ1) is 17.7. The molecule has 1 aliphatic rings. The first-order valence-corrected chi connectivity index (χ1v) is 11.0. The van der Waals surface area contributed by atoms with E-state index in [0.29, 0.717) is 0 Å². The Balaban J connectivity index is 1.88. The van der Waals surface area contributed by atoms with E-state index in [2.05, 4.69) is 131 Å². The summed E-state index contributed by atoms with van der Waals surface area (Å²) < 4.78 is 1.10. The minimum atomic E-state index is -0.363. The molecule has 5 aromatic rings. The van der Waals surface area contributed by atoms with Gasteiger partial charge in [-0.05, 0) is 56.3 Å². The van der Waals surface area contributed by atoms with Crippen molar-refractivity contribution in [3.8, 4) is 11.1 Å². The van der Waals surface area contributed by atoms with Crippen molar-refractivity contribution < 1.29 is 0 Å². The lowest BCUT2D eigenvalue weighted by Gasteiger charge is -2.34. The van der Waals surface area contributed by atoms with Crippen LogP contribution in [0, 0.1) is 0 Å². The van der Waals surface area contributed by atoms with Crippen LogP contribution in [0.1, 0.15) is 22.3 Å². The molecule has 5 aromatic carbocycles. The highest BCUT2D eigenvalue weighted by Crippen LogP contribution is 2.58. The lowest BCUT2D eigenvalue weighted by molar-refractivity contribution is 0.774. The van der Waals surface area contributed by atoms with Gasteiger partial charge in [0.05, 0.1) is 5.41 Å². The van der Waals surface area contributed by atoms with Crippen molar-refractivity contribution in [2.24, 2.45) is 0 Å². The van der Waals surface area contributed by atoms with Crippen LogP contribution in [-0.4, -0.2) is 0 Å². The van der Waals surface area contributed by atoms with Gasteiger partial charge in [0, 0.05) is 4.47 Å². The topological polar surface area (TPSA) is 0 Å². The predicted molar refractivity (Wildman–Crippen MR) is 129 cm³/mol. The average molecular weight is 447 g/mol. The molecule has 0 N–H and O–H groups in total. The zero-order valence-corrected chi connectivity index (χ0v) is 17.9. The van der Waals surface area contributed by atoms with Crippen LogP contribution >= 0.6 is 15.9 Å². The van der Waals surface area contributed by atoms with E-state index in [0.717, 1.165) is 4.47 Å². The number of hydrogen-bond donors (Lipinski definition) is 0. The van der Waals surface area contributed by atoms with Crippen LogP contribution in [0.2, 0.25) is 0 Å². The highest BCUT2D eigenvalue weighted by molar-refractivity contribution is 9.10. The van der Waals surface area contributed by atoms with Crippen molar-refractivity contribution in [2.45, 2.75) is 5.41 Å². The summed E-state index contributed by atoms with van der Waals surface area (Å²) in [5.41, 5.74) is 7.59. The molecule has 0 aliphatic heterocycles. The molecular weight excluding hydrogens is 428 g/mol. The van der Waals surface area contributed by atoms with Crippen LogP contribution in [0.4, 0.5) is 0 Å². The molecule has 0 heterocycles. The molecule has 0 fully saturated rings. The van der Waals surface area contributed by atoms with Gasteiger partial charge in [-0.3, -0.25) is 0 Å². The molecule has 142 valence electrons. The van der Waals surface area contributed by atoms with Crippen molar-refractivity contribution in [2.75, 3.05) is 0 Å². The monoisotopic (exact) mass is 446 g/mol. The molecule has 1 heteroatoms. The largest absolute Gasteiger partial charge is 0.0719 e. The van der Waals surface area contributed by atoms with Crippen LogP contribution in [-0.2, 0) is 5.41 Å². The smallest absolute Gasteiger partial charge is 0.0622 e. The summed E-state index contributed by atoms with van der Waals surface area (Å²) in [6, 6.07) is 42.0. The van der Waals surface area contributed by atoms with Crippen LogP contribution in [0.25, 0.3) is 21.9 Å². The van der Waals surface area contributed by atoms with Gasteiger partial charge in [-0.15, -0.1) is 0 Å². The van der Waals surface area contributed by atoms with Crippen LogP contribution < -0.4 is 0 Å². The van der Waals surface area contributed by atoms with Crippen LogP contribution in [0.15, 0.2) is 120 Å². The SMILES string of the molecule is Brc1cccc(C2(c3ccccc3)c3ccccc3-c3ccc4ccccc4c32)c1. The second kappa shape index (κ2) is 6.68. The van der Waals surface area contributed by atoms with Crippen LogP contribution in [0.5, 0.6) is 0 Å². The molecule has 0 amide bonds. The standard InChI is InChI=1S/C29H19Br/c30-23-13-8-12-22(19-23)29(21-10-2-1-3-11-21)27-16-7-6-15-25(27)26-18-17-20-9-4-5-14-24(20)28(26)29/h1-19H. The Morgan fingerprint density at radius 2 is 1.27 bits per heavy atom. The lowest BCUT2D eigenvalue weighted by atomic mass is 9.67. The number of halogens is 1. The number of rotatable bonds is 2. The zero-order chi connectivity index (χ0) is 20.1. The third-order valence-corrected chi connectivity index (χ3v) is 6.88. The van der Waals surface area contributed by atoms with E-state index in [-0.39, 0.29) is 5.41 Å². The third-order valence-electron chi connectivity index (χ3n) is 6.39. The Morgan fingerprint density at radius 1 is 0.533 bits per heavy atom. The minimum absolute atomic E-state index is 0.363. The Labute approximate surface area is 185 Å². The third kappa shape index (κ3) is 2.33. The summed E-state index contributed by atoms with van der Waals surface area (Å²) in [4.78, 5) is 0. The molecular formula is C29H19Br. The molecule has 1 atom stereocenters. The maximum absolute atomic E-state index is 3.74. The average Bonchev–Trinajstić information content (AvgIpc) is 3.11. The summed E-state index contributed by atoms with van der Waals surface area (Å²) >= 11 is 3.74. The summed E-state index contributed by atoms with van der Waals surface area (Å²) in [6.45, 7) is 0. The highest BCUT2D eigenvalue weighted by atomic mass is 79.9. The molecule has 0 spiro atoms. The fourth-order valence-electron chi connectivity index (χ4n) is 5.26. The fraction of sp³-hybridized carbons (Fsp3) is 0.0345. The van der Waals surface area contributed by atoms with E-state index in [4.69, 9.17) is 0 Å². The minimum Gasteiger partial charge on any atom is -0.0622 e. The van der Waals surface area contributed by atoms with E-state index in [1.807, 2.05) is 0 Å². The first-order chi connectivity index (χ1) is 14.8. The second-order valence-corrected chi connectivity index (χ2v) is 8.80. The van der Waals surface area contributed by atoms with E-state index in [1.54, 1.807) is 0 Å². The van der Waals surface area contributed by atoms with Crippen molar-refractivity contribution in [1.82, 2.24) is 0 Å². The van der Waals surface area contributed by atoms with Gasteiger partial charge in [0.1, 0.15) is 0 Å². The Morgan fingerprint density at radius 3 is 2.13 bits per heavy atom. The zero-order valence-electron chi connectivity index (χ0n) is 16.3. The first-order valence-electron chi connectivity index (χ1n) is 10.2. The number of fused-ring (bicyclic) bond motifs is 5. The molecule has 30 heavy (non-hydrogen) atoms. The van der Waals surface area contributed by atoms with E-state index < -0.39 is 0 Å². The van der Waals surface area contributed by atoms with Gasteiger partial charge >= 0.3 is 0 Å². The van der Waals surface area contributed by atoms with Crippen molar-refractivity contribution >= 4 is 26.7 Å². The summed E-state index contributed by atoms with van der Waals surface area (Å²) in [6.07, 6.45) is 0. The van der Waals surface area contributed by atoms with Crippen LogP contribution in [0.3, 0.4) is 0 Å². The second-order valence-electron chi connectivity index (χ2n) is 7.88. The van der Waals surface area contributed by atoms with E-state index >= 15 is 0 Å². The quantitative estimate of drug-likeness (QED) is 0.253. The van der Waals surface area contributed by atoms with Gasteiger partial charge in [-0.25, -0.2) is 0 Å². The van der Waals surface area contributed by atoms with Gasteiger partial charge in [0.2, 0.25) is 0 Å². The molecule has 1 aliphatic carbocycles. The molecule has 1 unspecified atom stereocenters. The van der Waals surface area contributed by atoms with Gasteiger partial charge in [0.15, 0.2) is 0 Å². The van der Waals surface area contributed by atoms with Gasteiger partial charge in [0.25, 0.3) is 0 Å². The molecule has 0 saturated heterocycles. The van der Waals surface area contributed by atoms with Gasteiger partial charge in [-0.1, -0.05) is 119 Å². The lowest BCUT2D eigenvalue weighted by Crippen LogP contribution is -2.28. The maximum Gasteiger partial charge on any atom is 0.0719 e. The molecule has 0 saturated carbocycles. The molecule has 6 rings (SSSR count). The van der Waals surface area contributed by atoms with Gasteiger partial charge in [-0.2, -0.15) is 0 Å². The summed E-state index contributed by atoms with van der Waals surface area (Å²) in [5, 5.41) is 2.59. The van der Waals surface area contributed by atoms with E-state index in [1.165, 1.54) is 44.2 Å². The molecule has 0 aromatic heterocycles. The number of hydrogen-bond acceptors (Lipinski definition) is 0. The normalized spacial score (nSPS) is 17.0.